The number of hydrogen-bond donors (Lipinski definition) is 1. The highest BCUT2D eigenvalue weighted by molar-refractivity contribution is 4.98. The van der Waals surface area contributed by atoms with Crippen molar-refractivity contribution in [1.82, 2.24) is 10.2 Å². The fourth-order valence-corrected chi connectivity index (χ4v) is 5.06. The summed E-state index contributed by atoms with van der Waals surface area (Å²) in [6.45, 7) is 7.35. The van der Waals surface area contributed by atoms with E-state index in [0.717, 1.165) is 30.0 Å². The molecule has 1 saturated carbocycles. The zero-order valence-electron chi connectivity index (χ0n) is 11.5. The molecule has 17 heavy (non-hydrogen) atoms. The Bertz CT molecular complexity index is 266. The Balaban J connectivity index is 1.77. The summed E-state index contributed by atoms with van der Waals surface area (Å²) in [5.41, 5.74) is 0. The van der Waals surface area contributed by atoms with Crippen molar-refractivity contribution >= 4 is 0 Å². The van der Waals surface area contributed by atoms with Crippen molar-refractivity contribution < 1.29 is 0 Å². The topological polar surface area (TPSA) is 15.3 Å². The van der Waals surface area contributed by atoms with Crippen LogP contribution in [0.3, 0.4) is 0 Å². The van der Waals surface area contributed by atoms with E-state index in [9.17, 15) is 0 Å². The summed E-state index contributed by atoms with van der Waals surface area (Å²) in [7, 11) is 0. The molecule has 3 rings (SSSR count). The molecule has 2 saturated heterocycles. The summed E-state index contributed by atoms with van der Waals surface area (Å²) >= 11 is 0. The van der Waals surface area contributed by atoms with Gasteiger partial charge in [0, 0.05) is 19.1 Å². The molecule has 5 atom stereocenters. The van der Waals surface area contributed by atoms with Crippen LogP contribution in [0.25, 0.3) is 0 Å². The Morgan fingerprint density at radius 3 is 2.71 bits per heavy atom. The zero-order chi connectivity index (χ0) is 11.8. The lowest BCUT2D eigenvalue weighted by molar-refractivity contribution is -0.0207. The molecule has 0 aromatic heterocycles. The van der Waals surface area contributed by atoms with Crippen molar-refractivity contribution in [2.45, 2.75) is 64.6 Å². The molecular formula is C15H28N2. The summed E-state index contributed by atoms with van der Waals surface area (Å²) in [6.07, 6.45) is 9.38. The highest BCUT2D eigenvalue weighted by Gasteiger charge is 2.45. The Labute approximate surface area is 106 Å². The van der Waals surface area contributed by atoms with E-state index in [0.29, 0.717) is 0 Å². The lowest BCUT2D eigenvalue weighted by Crippen LogP contribution is -2.55. The number of nitrogens with one attached hydrogen (secondary N) is 1. The summed E-state index contributed by atoms with van der Waals surface area (Å²) in [5.74, 6) is 3.04. The van der Waals surface area contributed by atoms with E-state index in [4.69, 9.17) is 0 Å². The Morgan fingerprint density at radius 2 is 1.94 bits per heavy atom. The van der Waals surface area contributed by atoms with Gasteiger partial charge < -0.3 is 5.32 Å². The minimum atomic E-state index is 0.729. The van der Waals surface area contributed by atoms with E-state index < -0.39 is 0 Å². The predicted molar refractivity (Wildman–Crippen MR) is 71.8 cm³/mol. The molecule has 0 amide bonds. The van der Waals surface area contributed by atoms with Crippen molar-refractivity contribution in [3.05, 3.63) is 0 Å². The molecule has 5 unspecified atom stereocenters. The average Bonchev–Trinajstić information content (AvgIpc) is 2.85. The molecule has 0 spiro atoms. The second-order valence-corrected chi connectivity index (χ2v) is 6.33. The van der Waals surface area contributed by atoms with Crippen molar-refractivity contribution in [1.29, 1.82) is 0 Å². The van der Waals surface area contributed by atoms with E-state index >= 15 is 0 Å². The summed E-state index contributed by atoms with van der Waals surface area (Å²) < 4.78 is 0. The van der Waals surface area contributed by atoms with Gasteiger partial charge in [-0.15, -0.1) is 0 Å². The number of nitrogens with zero attached hydrogens (tertiary/aromatic N) is 1. The molecule has 0 bridgehead atoms. The van der Waals surface area contributed by atoms with Gasteiger partial charge in [-0.1, -0.05) is 26.7 Å². The van der Waals surface area contributed by atoms with E-state index in [1.807, 2.05) is 0 Å². The zero-order valence-corrected chi connectivity index (χ0v) is 11.5. The van der Waals surface area contributed by atoms with Crippen LogP contribution in [-0.2, 0) is 0 Å². The molecule has 3 fully saturated rings. The number of piperidine rings is 1. The molecule has 2 heterocycles. The summed E-state index contributed by atoms with van der Waals surface area (Å²) in [4.78, 5) is 2.81. The van der Waals surface area contributed by atoms with Crippen LogP contribution in [0.4, 0.5) is 0 Å². The van der Waals surface area contributed by atoms with Gasteiger partial charge in [-0.2, -0.15) is 0 Å². The summed E-state index contributed by atoms with van der Waals surface area (Å²) in [5, 5.41) is 3.68. The quantitative estimate of drug-likeness (QED) is 0.793. The first kappa shape index (κ1) is 12.0. The van der Waals surface area contributed by atoms with Gasteiger partial charge in [-0.25, -0.2) is 0 Å². The monoisotopic (exact) mass is 236 g/mol. The van der Waals surface area contributed by atoms with Crippen LogP contribution in [0.2, 0.25) is 0 Å². The third kappa shape index (κ3) is 1.94. The van der Waals surface area contributed by atoms with E-state index in [1.54, 1.807) is 0 Å². The Morgan fingerprint density at radius 1 is 1.06 bits per heavy atom. The Kier molecular flexibility index (Phi) is 3.45. The molecule has 98 valence electrons. The third-order valence-electron chi connectivity index (χ3n) is 5.83. The standard InChI is InChI=1S/C15H28N2/c1-3-11-5-7-14-13(12(11)4-2)6-8-15-16-9-10-17(14)15/h11-16H,3-10H2,1-2H3. The maximum absolute atomic E-state index is 3.68. The lowest BCUT2D eigenvalue weighted by atomic mass is 9.64. The van der Waals surface area contributed by atoms with E-state index in [1.165, 1.54) is 51.6 Å². The van der Waals surface area contributed by atoms with Crippen LogP contribution < -0.4 is 5.32 Å². The molecule has 2 heteroatoms. The average molecular weight is 236 g/mol. The fourth-order valence-electron chi connectivity index (χ4n) is 5.06. The molecule has 0 aromatic carbocycles. The van der Waals surface area contributed by atoms with E-state index in [-0.39, 0.29) is 0 Å². The highest BCUT2D eigenvalue weighted by Crippen LogP contribution is 2.46. The van der Waals surface area contributed by atoms with Crippen LogP contribution in [0, 0.1) is 17.8 Å². The number of fused-ring (bicyclic) bond motifs is 3. The molecule has 1 aliphatic carbocycles. The van der Waals surface area contributed by atoms with Crippen LogP contribution in [-0.4, -0.2) is 30.2 Å². The Hall–Kier alpha value is -0.0800. The van der Waals surface area contributed by atoms with Gasteiger partial charge in [0.25, 0.3) is 0 Å². The van der Waals surface area contributed by atoms with Crippen LogP contribution in [0.5, 0.6) is 0 Å². The smallest absolute Gasteiger partial charge is 0.0600 e. The van der Waals surface area contributed by atoms with Gasteiger partial charge in [-0.3, -0.25) is 4.90 Å². The molecule has 3 aliphatic rings. The van der Waals surface area contributed by atoms with Gasteiger partial charge in [0.05, 0.1) is 6.17 Å². The molecule has 0 radical (unpaired) electrons. The van der Waals surface area contributed by atoms with Gasteiger partial charge in [0.2, 0.25) is 0 Å². The molecule has 0 aromatic rings. The van der Waals surface area contributed by atoms with Gasteiger partial charge >= 0.3 is 0 Å². The first-order chi connectivity index (χ1) is 8.35. The molecule has 1 N–H and O–H groups in total. The largest absolute Gasteiger partial charge is 0.300 e. The highest BCUT2D eigenvalue weighted by atomic mass is 15.4. The molecule has 2 aliphatic heterocycles. The molecular weight excluding hydrogens is 208 g/mol. The van der Waals surface area contributed by atoms with Gasteiger partial charge in [-0.05, 0) is 43.4 Å². The second kappa shape index (κ2) is 4.89. The van der Waals surface area contributed by atoms with Gasteiger partial charge in [0.15, 0.2) is 0 Å². The maximum Gasteiger partial charge on any atom is 0.0600 e. The van der Waals surface area contributed by atoms with Crippen molar-refractivity contribution in [2.24, 2.45) is 17.8 Å². The van der Waals surface area contributed by atoms with Gasteiger partial charge in [0.1, 0.15) is 0 Å². The van der Waals surface area contributed by atoms with Crippen LogP contribution in [0.15, 0.2) is 0 Å². The second-order valence-electron chi connectivity index (χ2n) is 6.33. The number of rotatable bonds is 2. The van der Waals surface area contributed by atoms with Crippen LogP contribution in [0.1, 0.15) is 52.4 Å². The minimum absolute atomic E-state index is 0.729. The van der Waals surface area contributed by atoms with Crippen molar-refractivity contribution in [3.8, 4) is 0 Å². The van der Waals surface area contributed by atoms with Crippen LogP contribution >= 0.6 is 0 Å². The first-order valence-corrected chi connectivity index (χ1v) is 7.84. The predicted octanol–water partition coefficient (Wildman–Crippen LogP) is 2.84. The van der Waals surface area contributed by atoms with Crippen molar-refractivity contribution in [3.63, 3.8) is 0 Å². The third-order valence-corrected chi connectivity index (χ3v) is 5.83. The first-order valence-electron chi connectivity index (χ1n) is 7.84. The number of hydrogen-bond acceptors (Lipinski definition) is 2. The summed E-state index contributed by atoms with van der Waals surface area (Å²) in [6, 6.07) is 0.913. The minimum Gasteiger partial charge on any atom is -0.300 e. The normalized spacial score (nSPS) is 46.6. The SMILES string of the molecule is CCC1CCC2C(CCC3NCCN32)C1CC. The van der Waals surface area contributed by atoms with Crippen molar-refractivity contribution in [2.75, 3.05) is 13.1 Å². The fraction of sp³-hybridized carbons (Fsp3) is 1.00. The maximum atomic E-state index is 3.68. The molecule has 2 nitrogen and oxygen atoms in total. The lowest BCUT2D eigenvalue weighted by Gasteiger charge is -2.51. The van der Waals surface area contributed by atoms with E-state index in [2.05, 4.69) is 24.1 Å².